The lowest BCUT2D eigenvalue weighted by Gasteiger charge is -2.51. The molecule has 1 N–H and O–H groups in total. The third-order valence-corrected chi connectivity index (χ3v) is 22.0. The van der Waals surface area contributed by atoms with Crippen LogP contribution in [0.15, 0.2) is 140 Å². The van der Waals surface area contributed by atoms with E-state index in [2.05, 4.69) is 40.8 Å². The summed E-state index contributed by atoms with van der Waals surface area (Å²) in [5.41, 5.74) is 1.16. The Balaban J connectivity index is 1.30. The molecule has 2 amide bonds. The molecule has 0 saturated carbocycles. The number of aliphatic hydroxyl groups excluding tert-OH is 1. The Hall–Kier alpha value is -5.75. The van der Waals surface area contributed by atoms with Crippen LogP contribution < -0.4 is 9.47 Å². The summed E-state index contributed by atoms with van der Waals surface area (Å²) >= 11 is 0. The second-order valence-corrected chi connectivity index (χ2v) is 29.0. The number of amides is 2. The lowest BCUT2D eigenvalue weighted by Crippen LogP contribution is -2.63. The molecular formula is C67H89NO13Si. The summed E-state index contributed by atoms with van der Waals surface area (Å²) < 4.78 is 59.2. The van der Waals surface area contributed by atoms with Gasteiger partial charge in [-0.05, 0) is 91.3 Å². The molecular weight excluding hydrogens is 1050 g/mol. The molecule has 2 aliphatic rings. The van der Waals surface area contributed by atoms with Gasteiger partial charge in [0, 0.05) is 23.3 Å². The Morgan fingerprint density at radius 1 is 0.707 bits per heavy atom. The van der Waals surface area contributed by atoms with Gasteiger partial charge in [0.25, 0.3) is 0 Å². The number of imide groups is 1. The highest BCUT2D eigenvalue weighted by atomic mass is 28.4. The summed E-state index contributed by atoms with van der Waals surface area (Å²) in [5.74, 6) is -3.17. The van der Waals surface area contributed by atoms with E-state index < -0.39 is 104 Å². The minimum atomic E-state index is -2.49. The quantitative estimate of drug-likeness (QED) is 0.0496. The molecule has 0 aliphatic carbocycles. The fourth-order valence-electron chi connectivity index (χ4n) is 11.4. The van der Waals surface area contributed by atoms with Gasteiger partial charge in [-0.2, -0.15) is 0 Å². The number of carbonyl (C=O) groups excluding carboxylic acids is 3. The van der Waals surface area contributed by atoms with E-state index in [0.717, 1.165) is 22.3 Å². The van der Waals surface area contributed by atoms with Gasteiger partial charge in [0.05, 0.1) is 70.4 Å². The predicted octanol–water partition coefficient (Wildman–Crippen LogP) is 12.9. The molecule has 444 valence electrons. The first-order chi connectivity index (χ1) is 39.0. The normalized spacial score (nSPS) is 22.4. The molecule has 0 unspecified atom stereocenters. The Morgan fingerprint density at radius 3 is 1.74 bits per heavy atom. The van der Waals surface area contributed by atoms with E-state index in [1.54, 1.807) is 47.1 Å². The first-order valence-corrected chi connectivity index (χ1v) is 31.9. The first kappa shape index (κ1) is 63.8. The summed E-state index contributed by atoms with van der Waals surface area (Å²) in [4.78, 5) is 46.0. The zero-order valence-electron chi connectivity index (χ0n) is 50.7. The molecule has 14 nitrogen and oxygen atoms in total. The van der Waals surface area contributed by atoms with Gasteiger partial charge in [0.15, 0.2) is 26.0 Å². The number of benzene rings is 5. The van der Waals surface area contributed by atoms with Crippen molar-refractivity contribution in [3.63, 3.8) is 0 Å². The molecule has 2 fully saturated rings. The van der Waals surface area contributed by atoms with Crippen molar-refractivity contribution in [3.8, 4) is 11.5 Å². The molecule has 7 rings (SSSR count). The number of cyclic esters (lactones) is 1. The maximum absolute atomic E-state index is 16.2. The van der Waals surface area contributed by atoms with Crippen LogP contribution in [0.5, 0.6) is 11.5 Å². The standard InChI is InChI=1S/C67H89NO13Si/c1-15-56(81-82(13,14)65(6,7)8)66(9,77-41-49-27-21-17-22-28-49)60(75-40-51-31-35-54(73-11)36-32-51)45(3)57(69)44(2)59(70)67(10,78-42-50-29-23-18-24-30-50)61-46(4)58(79-63(80-61)52-33-37-55(74-12)38-34-52)47(5)62(71)68-53(43-76-64(68)72)39-48-25-19-16-20-26-48/h16-38,44-47,53,56-58,60-61,63,69H,15,39-43H2,1-14H3/t44-,45-,46-,47+,53+,56+,57-,58-,60+,61+,63+,66+,67+/m0/s1. The molecule has 2 saturated heterocycles. The number of carbonyl (C=O) groups is 3. The molecule has 0 bridgehead atoms. The van der Waals surface area contributed by atoms with E-state index >= 15 is 4.79 Å². The fourth-order valence-corrected chi connectivity index (χ4v) is 12.8. The highest BCUT2D eigenvalue weighted by molar-refractivity contribution is 6.74. The zero-order valence-corrected chi connectivity index (χ0v) is 51.7. The van der Waals surface area contributed by atoms with Crippen LogP contribution in [0.1, 0.15) is 110 Å². The molecule has 15 heteroatoms. The number of aliphatic hydroxyl groups is 1. The molecule has 2 heterocycles. The summed E-state index contributed by atoms with van der Waals surface area (Å²) in [6.07, 6.45) is -5.64. The van der Waals surface area contributed by atoms with E-state index in [9.17, 15) is 14.7 Å². The molecule has 5 aromatic rings. The van der Waals surface area contributed by atoms with Gasteiger partial charge in [-0.15, -0.1) is 0 Å². The highest BCUT2D eigenvalue weighted by Crippen LogP contribution is 2.46. The maximum atomic E-state index is 16.2. The van der Waals surface area contributed by atoms with Crippen molar-refractivity contribution < 1.29 is 61.8 Å². The van der Waals surface area contributed by atoms with E-state index in [-0.39, 0.29) is 31.5 Å². The van der Waals surface area contributed by atoms with Crippen LogP contribution in [0.2, 0.25) is 18.1 Å². The molecule has 0 radical (unpaired) electrons. The second-order valence-electron chi connectivity index (χ2n) is 24.2. The average molecular weight is 1140 g/mol. The minimum absolute atomic E-state index is 0.00396. The van der Waals surface area contributed by atoms with Crippen LogP contribution in [0.4, 0.5) is 4.79 Å². The SMILES string of the molecule is CC[C@@H](O[Si](C)(C)C(C)(C)C)[C@@](C)(OCc1ccccc1)[C@H](OCc1ccc(OC)cc1)[C@@H](C)[C@@H](O)[C@H](C)C(=O)[C@@](C)(OCc1ccccc1)[C@@H]1O[C@H](c2ccc(OC)cc2)O[C@H]([C@@H](C)C(=O)N2C(=O)OC[C@H]2Cc2ccccc2)[C@@H]1C. The summed E-state index contributed by atoms with van der Waals surface area (Å²) in [6, 6.07) is 43.4. The Morgan fingerprint density at radius 2 is 1.22 bits per heavy atom. The van der Waals surface area contributed by atoms with Crippen molar-refractivity contribution >= 4 is 26.1 Å². The Labute approximate surface area is 488 Å². The monoisotopic (exact) mass is 1140 g/mol. The van der Waals surface area contributed by atoms with Crippen LogP contribution in [-0.4, -0.2) is 105 Å². The van der Waals surface area contributed by atoms with E-state index in [1.807, 2.05) is 148 Å². The fraction of sp³-hybridized carbons (Fsp3) is 0.507. The molecule has 2 aliphatic heterocycles. The number of ether oxygens (including phenoxy) is 8. The van der Waals surface area contributed by atoms with Gasteiger partial charge in [0.2, 0.25) is 5.91 Å². The third kappa shape index (κ3) is 14.8. The van der Waals surface area contributed by atoms with Crippen molar-refractivity contribution in [2.24, 2.45) is 23.7 Å². The number of hydrogen-bond acceptors (Lipinski definition) is 13. The number of rotatable bonds is 27. The second kappa shape index (κ2) is 27.8. The van der Waals surface area contributed by atoms with Crippen molar-refractivity contribution in [1.82, 2.24) is 4.90 Å². The topological polar surface area (TPSA) is 158 Å². The largest absolute Gasteiger partial charge is 0.497 e. The number of nitrogens with zero attached hydrogens (tertiary/aromatic N) is 1. The third-order valence-electron chi connectivity index (χ3n) is 17.5. The van der Waals surface area contributed by atoms with Crippen LogP contribution >= 0.6 is 0 Å². The van der Waals surface area contributed by atoms with Crippen molar-refractivity contribution in [3.05, 3.63) is 167 Å². The van der Waals surface area contributed by atoms with Crippen LogP contribution in [0.25, 0.3) is 0 Å². The number of methoxy groups -OCH3 is 2. The molecule has 5 aromatic carbocycles. The minimum Gasteiger partial charge on any atom is -0.497 e. The van der Waals surface area contributed by atoms with E-state index in [4.69, 9.17) is 42.3 Å². The number of Topliss-reactive ketones (excluding diaryl/α,β-unsaturated/α-hetero) is 1. The van der Waals surface area contributed by atoms with Gasteiger partial charge in [-0.1, -0.05) is 171 Å². The van der Waals surface area contributed by atoms with Gasteiger partial charge in [-0.3, -0.25) is 9.59 Å². The molecule has 82 heavy (non-hydrogen) atoms. The summed E-state index contributed by atoms with van der Waals surface area (Å²) in [5, 5.41) is 13.1. The average Bonchev–Trinajstić information content (AvgIpc) is 3.94. The van der Waals surface area contributed by atoms with Gasteiger partial charge >= 0.3 is 6.09 Å². The van der Waals surface area contributed by atoms with Gasteiger partial charge in [0.1, 0.15) is 29.8 Å². The summed E-state index contributed by atoms with van der Waals surface area (Å²) in [6.45, 7) is 24.5. The Kier molecular flexibility index (Phi) is 21.6. The number of ketones is 1. The van der Waals surface area contributed by atoms with Crippen LogP contribution in [-0.2, 0) is 68.7 Å². The predicted molar refractivity (Wildman–Crippen MR) is 318 cm³/mol. The van der Waals surface area contributed by atoms with E-state index in [0.29, 0.717) is 29.9 Å². The number of hydrogen-bond donors (Lipinski definition) is 1. The van der Waals surface area contributed by atoms with Crippen LogP contribution in [0, 0.1) is 23.7 Å². The molecule has 13 atom stereocenters. The highest BCUT2D eigenvalue weighted by Gasteiger charge is 2.58. The zero-order chi connectivity index (χ0) is 59.6. The van der Waals surface area contributed by atoms with Gasteiger partial charge in [-0.25, -0.2) is 9.69 Å². The van der Waals surface area contributed by atoms with Crippen LogP contribution in [0.3, 0.4) is 0 Å². The van der Waals surface area contributed by atoms with Crippen molar-refractivity contribution in [2.45, 2.75) is 174 Å². The van der Waals surface area contributed by atoms with Crippen molar-refractivity contribution in [2.75, 3.05) is 20.8 Å². The van der Waals surface area contributed by atoms with Crippen molar-refractivity contribution in [1.29, 1.82) is 0 Å². The lowest BCUT2D eigenvalue weighted by molar-refractivity contribution is -0.311. The van der Waals surface area contributed by atoms with Gasteiger partial charge < -0.3 is 47.4 Å². The lowest BCUT2D eigenvalue weighted by atomic mass is 9.72. The van der Waals surface area contributed by atoms with E-state index in [1.165, 1.54) is 4.90 Å². The Bertz CT molecular complexity index is 2810. The molecule has 0 aromatic heterocycles. The summed E-state index contributed by atoms with van der Waals surface area (Å²) in [7, 11) is 0.714. The smallest absolute Gasteiger partial charge is 0.416 e. The first-order valence-electron chi connectivity index (χ1n) is 28.9. The molecule has 0 spiro atoms. The maximum Gasteiger partial charge on any atom is 0.416 e.